The summed E-state index contributed by atoms with van der Waals surface area (Å²) in [7, 11) is 0. The molecule has 0 spiro atoms. The molecule has 5 rings (SSSR count). The number of benzene rings is 3. The van der Waals surface area contributed by atoms with Crippen LogP contribution in [-0.4, -0.2) is 22.6 Å². The monoisotopic (exact) mass is 480 g/mol. The summed E-state index contributed by atoms with van der Waals surface area (Å²) < 4.78 is 10.9. The predicted molar refractivity (Wildman–Crippen MR) is 132 cm³/mol. The van der Waals surface area contributed by atoms with E-state index in [0.717, 1.165) is 16.9 Å². The molecule has 0 fully saturated rings. The van der Waals surface area contributed by atoms with Crippen molar-refractivity contribution in [1.82, 2.24) is 10.2 Å². The molecule has 36 heavy (non-hydrogen) atoms. The Morgan fingerprint density at radius 2 is 1.50 bits per heavy atom. The molecule has 0 atom stereocenters. The summed E-state index contributed by atoms with van der Waals surface area (Å²) >= 11 is 0. The molecule has 1 aliphatic rings. The maximum Gasteiger partial charge on any atom is 0.261 e. The second-order valence-corrected chi connectivity index (χ2v) is 8.52. The number of carbonyl (C=O) groups is 3. The lowest BCUT2D eigenvalue weighted by Crippen LogP contribution is -2.29. The van der Waals surface area contributed by atoms with E-state index >= 15 is 0 Å². The summed E-state index contributed by atoms with van der Waals surface area (Å²) in [4.78, 5) is 39.3. The van der Waals surface area contributed by atoms with Crippen molar-refractivity contribution in [1.29, 1.82) is 0 Å². The van der Waals surface area contributed by atoms with Crippen molar-refractivity contribution in [3.05, 3.63) is 130 Å². The Bertz CT molecular complexity index is 1380. The molecule has 0 radical (unpaired) electrons. The highest BCUT2D eigenvalue weighted by Gasteiger charge is 2.34. The maximum absolute atomic E-state index is 12.8. The van der Waals surface area contributed by atoms with Gasteiger partial charge in [0.15, 0.2) is 0 Å². The molecule has 3 aromatic carbocycles. The van der Waals surface area contributed by atoms with Crippen LogP contribution in [0.15, 0.2) is 95.6 Å². The second kappa shape index (κ2) is 10.4. The summed E-state index contributed by atoms with van der Waals surface area (Å²) in [5.41, 5.74) is 3.92. The van der Waals surface area contributed by atoms with Gasteiger partial charge >= 0.3 is 0 Å². The van der Waals surface area contributed by atoms with E-state index in [2.05, 4.69) is 5.32 Å². The van der Waals surface area contributed by atoms with Gasteiger partial charge in [-0.05, 0) is 53.1 Å². The van der Waals surface area contributed by atoms with Crippen molar-refractivity contribution < 1.29 is 23.5 Å². The van der Waals surface area contributed by atoms with Crippen LogP contribution >= 0.6 is 0 Å². The van der Waals surface area contributed by atoms with Gasteiger partial charge in [-0.3, -0.25) is 19.3 Å². The van der Waals surface area contributed by atoms with Gasteiger partial charge in [0.05, 0.1) is 30.5 Å². The van der Waals surface area contributed by atoms with E-state index in [-0.39, 0.29) is 24.3 Å². The Morgan fingerprint density at radius 3 is 2.25 bits per heavy atom. The predicted octanol–water partition coefficient (Wildman–Crippen LogP) is 4.72. The number of imide groups is 1. The van der Waals surface area contributed by atoms with Crippen molar-refractivity contribution in [3.8, 4) is 0 Å². The van der Waals surface area contributed by atoms with Crippen molar-refractivity contribution in [2.24, 2.45) is 0 Å². The lowest BCUT2D eigenvalue weighted by Gasteiger charge is -2.14. The van der Waals surface area contributed by atoms with Crippen LogP contribution in [0.2, 0.25) is 0 Å². The standard InChI is InChI=1S/C29H24N2O5/c32-27(30-16-20-6-3-8-22(14-20)18-35-19-24-10-5-13-36-24)23-9-4-7-21(15-23)17-31-28(33)25-11-1-2-12-26(25)29(31)34/h1-15H,16-19H2,(H,30,32). The average Bonchev–Trinajstić information content (AvgIpc) is 3.51. The quantitative estimate of drug-likeness (QED) is 0.350. The van der Waals surface area contributed by atoms with Gasteiger partial charge in [-0.1, -0.05) is 48.5 Å². The van der Waals surface area contributed by atoms with Crippen LogP contribution in [0.1, 0.15) is 53.5 Å². The number of nitrogens with one attached hydrogen (secondary N) is 1. The Labute approximate surface area is 208 Å². The molecule has 180 valence electrons. The van der Waals surface area contributed by atoms with E-state index in [1.807, 2.05) is 36.4 Å². The van der Waals surface area contributed by atoms with Crippen LogP contribution in [0.3, 0.4) is 0 Å². The van der Waals surface area contributed by atoms with E-state index in [1.54, 1.807) is 54.8 Å². The van der Waals surface area contributed by atoms with E-state index in [0.29, 0.717) is 42.0 Å². The summed E-state index contributed by atoms with van der Waals surface area (Å²) in [5.74, 6) is -0.112. The summed E-state index contributed by atoms with van der Waals surface area (Å²) in [6, 6.07) is 25.2. The third-order valence-corrected chi connectivity index (χ3v) is 5.95. The molecule has 0 aliphatic carbocycles. The smallest absolute Gasteiger partial charge is 0.261 e. The first-order valence-electron chi connectivity index (χ1n) is 11.6. The zero-order valence-electron chi connectivity index (χ0n) is 19.5. The first-order valence-corrected chi connectivity index (χ1v) is 11.6. The number of hydrogen-bond acceptors (Lipinski definition) is 5. The topological polar surface area (TPSA) is 88.8 Å². The molecule has 2 heterocycles. The first kappa shape index (κ1) is 23.3. The molecule has 0 unspecified atom stereocenters. The van der Waals surface area contributed by atoms with Crippen LogP contribution < -0.4 is 5.32 Å². The molecule has 1 aromatic heterocycles. The lowest BCUT2D eigenvalue weighted by molar-refractivity contribution is 0.0642. The molecule has 1 aliphatic heterocycles. The minimum Gasteiger partial charge on any atom is -0.467 e. The molecule has 1 N–H and O–H groups in total. The van der Waals surface area contributed by atoms with E-state index in [9.17, 15) is 14.4 Å². The summed E-state index contributed by atoms with van der Waals surface area (Å²) in [5, 5.41) is 2.93. The normalized spacial score (nSPS) is 12.6. The molecule has 0 bridgehead atoms. The van der Waals surface area contributed by atoms with Crippen molar-refractivity contribution in [2.45, 2.75) is 26.3 Å². The highest BCUT2D eigenvalue weighted by molar-refractivity contribution is 6.21. The number of nitrogens with zero attached hydrogens (tertiary/aromatic N) is 1. The Kier molecular flexibility index (Phi) is 6.73. The Morgan fingerprint density at radius 1 is 0.778 bits per heavy atom. The maximum atomic E-state index is 12.8. The number of rotatable bonds is 9. The number of furan rings is 1. The van der Waals surface area contributed by atoms with Gasteiger partial charge in [0.1, 0.15) is 12.4 Å². The molecule has 0 saturated carbocycles. The fraction of sp³-hybridized carbons (Fsp3) is 0.138. The van der Waals surface area contributed by atoms with E-state index in [4.69, 9.17) is 9.15 Å². The van der Waals surface area contributed by atoms with Crippen LogP contribution in [0.4, 0.5) is 0 Å². The largest absolute Gasteiger partial charge is 0.467 e. The minimum absolute atomic E-state index is 0.105. The molecule has 7 heteroatoms. The zero-order chi connectivity index (χ0) is 24.9. The van der Waals surface area contributed by atoms with E-state index in [1.165, 1.54) is 4.90 Å². The average molecular weight is 481 g/mol. The number of carbonyl (C=O) groups excluding carboxylic acids is 3. The van der Waals surface area contributed by atoms with Crippen LogP contribution in [-0.2, 0) is 31.0 Å². The van der Waals surface area contributed by atoms with Gasteiger partial charge in [-0.25, -0.2) is 0 Å². The summed E-state index contributed by atoms with van der Waals surface area (Å²) in [6.45, 7) is 1.29. The third-order valence-electron chi connectivity index (χ3n) is 5.95. The molecule has 7 nitrogen and oxygen atoms in total. The molecular formula is C29H24N2O5. The fourth-order valence-electron chi connectivity index (χ4n) is 4.15. The molecule has 3 amide bonds. The lowest BCUT2D eigenvalue weighted by atomic mass is 10.1. The van der Waals surface area contributed by atoms with E-state index < -0.39 is 0 Å². The van der Waals surface area contributed by atoms with Crippen molar-refractivity contribution in [3.63, 3.8) is 0 Å². The number of amides is 3. The second-order valence-electron chi connectivity index (χ2n) is 8.52. The molecule has 4 aromatic rings. The SMILES string of the molecule is O=C(NCc1cccc(COCc2ccco2)c1)c1cccc(CN2C(=O)c3ccccc3C2=O)c1. The van der Waals surface area contributed by atoms with Crippen molar-refractivity contribution >= 4 is 17.7 Å². The first-order chi connectivity index (χ1) is 17.6. The van der Waals surface area contributed by atoms with Crippen LogP contribution in [0, 0.1) is 0 Å². The van der Waals surface area contributed by atoms with Crippen LogP contribution in [0.5, 0.6) is 0 Å². The number of fused-ring (bicyclic) bond motifs is 1. The summed E-state index contributed by atoms with van der Waals surface area (Å²) in [6.07, 6.45) is 1.61. The van der Waals surface area contributed by atoms with Crippen LogP contribution in [0.25, 0.3) is 0 Å². The third kappa shape index (κ3) is 5.11. The molecular weight excluding hydrogens is 456 g/mol. The van der Waals surface area contributed by atoms with Gasteiger partial charge in [0.2, 0.25) is 0 Å². The Balaban J connectivity index is 1.17. The van der Waals surface area contributed by atoms with Gasteiger partial charge in [0.25, 0.3) is 17.7 Å². The number of ether oxygens (including phenoxy) is 1. The zero-order valence-corrected chi connectivity index (χ0v) is 19.5. The van der Waals surface area contributed by atoms with Gasteiger partial charge < -0.3 is 14.5 Å². The Hall–Kier alpha value is -4.49. The molecule has 0 saturated heterocycles. The highest BCUT2D eigenvalue weighted by atomic mass is 16.5. The number of hydrogen-bond donors (Lipinski definition) is 1. The van der Waals surface area contributed by atoms with Gasteiger partial charge in [-0.15, -0.1) is 0 Å². The fourth-order valence-corrected chi connectivity index (χ4v) is 4.15. The van der Waals surface area contributed by atoms with Crippen molar-refractivity contribution in [2.75, 3.05) is 0 Å². The minimum atomic E-state index is -0.321. The van der Waals surface area contributed by atoms with Gasteiger partial charge in [0, 0.05) is 12.1 Å². The highest BCUT2D eigenvalue weighted by Crippen LogP contribution is 2.24. The van der Waals surface area contributed by atoms with Gasteiger partial charge in [-0.2, -0.15) is 0 Å².